The van der Waals surface area contributed by atoms with E-state index in [2.05, 4.69) is 11.9 Å². The molecule has 4 nitrogen and oxygen atoms in total. The first-order valence-electron chi connectivity index (χ1n) is 1.78. The van der Waals surface area contributed by atoms with E-state index in [0.29, 0.717) is 6.41 Å². The topological polar surface area (TPSA) is 58.5 Å². The summed E-state index contributed by atoms with van der Waals surface area (Å²) in [4.78, 5) is 21.9. The summed E-state index contributed by atoms with van der Waals surface area (Å²) < 4.78 is 0. The van der Waals surface area contributed by atoms with Gasteiger partial charge in [0.05, 0.1) is 0 Å². The molecule has 0 unspecified atom stereocenters. The lowest BCUT2D eigenvalue weighted by Crippen LogP contribution is -2.17. The first-order valence-corrected chi connectivity index (χ1v) is 1.78. The van der Waals surface area contributed by atoms with Crippen molar-refractivity contribution < 1.29 is 9.59 Å². The number of amidine groups is 1. The number of nitrogens with one attached hydrogen (secondary N) is 1. The van der Waals surface area contributed by atoms with Crippen LogP contribution in [0.25, 0.3) is 0 Å². The smallest absolute Gasteiger partial charge is 0.317 e. The van der Waals surface area contributed by atoms with Gasteiger partial charge in [-0.1, -0.05) is 0 Å². The molecule has 0 aliphatic rings. The maximum absolute atomic E-state index is 9.53. The third kappa shape index (κ3) is 3.02. The van der Waals surface area contributed by atoms with Crippen LogP contribution in [0.15, 0.2) is 4.99 Å². The zero-order valence-electron chi connectivity index (χ0n) is 4.05. The van der Waals surface area contributed by atoms with E-state index in [0.717, 1.165) is 0 Å². The van der Waals surface area contributed by atoms with E-state index in [9.17, 15) is 9.59 Å². The Morgan fingerprint density at radius 1 is 1.88 bits per heavy atom. The largest absolute Gasteiger partial charge is 0.339 e. The summed E-state index contributed by atoms with van der Waals surface area (Å²) in [5, 5.41) is 2.04. The highest BCUT2D eigenvalue weighted by Gasteiger charge is 1.81. The zero-order valence-corrected chi connectivity index (χ0v) is 4.05. The molecule has 2 radical (unpaired) electrons. The minimum absolute atomic E-state index is 0.00463. The van der Waals surface area contributed by atoms with Crippen LogP contribution >= 0.6 is 0 Å². The summed E-state index contributed by atoms with van der Waals surface area (Å²) >= 11 is 0. The number of hydrogen-bond acceptors (Lipinski definition) is 2. The van der Waals surface area contributed by atoms with Crippen LogP contribution in [0.5, 0.6) is 0 Å². The lowest BCUT2D eigenvalue weighted by atomic mass is 10.7. The van der Waals surface area contributed by atoms with E-state index in [1.807, 2.05) is 5.32 Å². The summed E-state index contributed by atoms with van der Waals surface area (Å²) in [5.74, 6) is -0.00463. The van der Waals surface area contributed by atoms with E-state index < -0.39 is 0 Å². The maximum atomic E-state index is 9.53. The average Bonchev–Trinajstić information content (AvgIpc) is 1.68. The van der Waals surface area contributed by atoms with Crippen molar-refractivity contribution in [3.05, 3.63) is 6.92 Å². The van der Waals surface area contributed by atoms with Gasteiger partial charge >= 0.3 is 6.41 Å². The van der Waals surface area contributed by atoms with Crippen LogP contribution in [0, 0.1) is 6.92 Å². The second-order valence-corrected chi connectivity index (χ2v) is 0.912. The molecule has 0 atom stereocenters. The van der Waals surface area contributed by atoms with Crippen molar-refractivity contribution in [2.45, 2.75) is 0 Å². The molecule has 0 rings (SSSR count). The lowest BCUT2D eigenvalue weighted by Gasteiger charge is -1.87. The molecule has 0 heterocycles. The van der Waals surface area contributed by atoms with Gasteiger partial charge in [-0.25, -0.2) is 0 Å². The van der Waals surface area contributed by atoms with Crippen LogP contribution in [0.3, 0.4) is 0 Å². The Kier molecular flexibility index (Phi) is 3.39. The maximum Gasteiger partial charge on any atom is 0.339 e. The normalized spacial score (nSPS) is 10.4. The Morgan fingerprint density at radius 3 is 2.88 bits per heavy atom. The molecule has 4 heteroatoms. The van der Waals surface area contributed by atoms with Gasteiger partial charge in [0, 0.05) is 6.92 Å². The first-order chi connectivity index (χ1) is 3.81. The van der Waals surface area contributed by atoms with Crippen molar-refractivity contribution in [3.8, 4) is 0 Å². The predicted octanol–water partition coefficient (Wildman–Crippen LogP) is -0.968. The number of aliphatic imine (C=N–C) groups is 1. The molecule has 0 bridgehead atoms. The van der Waals surface area contributed by atoms with Crippen molar-refractivity contribution in [1.82, 2.24) is 5.32 Å². The van der Waals surface area contributed by atoms with Crippen molar-refractivity contribution in [2.24, 2.45) is 4.99 Å². The molecule has 0 aromatic heterocycles. The molecule has 0 aromatic rings. The van der Waals surface area contributed by atoms with Gasteiger partial charge in [0.1, 0.15) is 5.84 Å². The number of carbonyl (C=O) groups is 1. The van der Waals surface area contributed by atoms with Crippen LogP contribution < -0.4 is 5.32 Å². The van der Waals surface area contributed by atoms with Crippen molar-refractivity contribution in [1.29, 1.82) is 0 Å². The van der Waals surface area contributed by atoms with Crippen LogP contribution in [-0.4, -0.2) is 18.7 Å². The number of hydrogen-bond donors (Lipinski definition) is 1. The van der Waals surface area contributed by atoms with Gasteiger partial charge in [-0.15, -0.1) is 0 Å². The van der Waals surface area contributed by atoms with E-state index in [4.69, 9.17) is 0 Å². The van der Waals surface area contributed by atoms with Crippen molar-refractivity contribution in [2.75, 3.05) is 0 Å². The highest BCUT2D eigenvalue weighted by Crippen LogP contribution is 1.61. The summed E-state index contributed by atoms with van der Waals surface area (Å²) in [6, 6.07) is 0. The fourth-order valence-corrected chi connectivity index (χ4v) is 0.155. The summed E-state index contributed by atoms with van der Waals surface area (Å²) in [6.07, 6.45) is 1.58. The molecule has 0 saturated carbocycles. The molecule has 0 spiro atoms. The number of rotatable bonds is 2. The van der Waals surface area contributed by atoms with Gasteiger partial charge in [-0.05, 0) is 0 Å². The van der Waals surface area contributed by atoms with Gasteiger partial charge in [-0.2, -0.15) is 4.99 Å². The van der Waals surface area contributed by atoms with Crippen LogP contribution in [0.2, 0.25) is 0 Å². The van der Waals surface area contributed by atoms with Crippen LogP contribution in [0.1, 0.15) is 0 Å². The number of amides is 2. The van der Waals surface area contributed by atoms with E-state index in [1.54, 1.807) is 0 Å². The fourth-order valence-electron chi connectivity index (χ4n) is 0.155. The molecule has 42 valence electrons. The van der Waals surface area contributed by atoms with Gasteiger partial charge < -0.3 is 5.32 Å². The summed E-state index contributed by atoms with van der Waals surface area (Å²) in [5.41, 5.74) is 0. The molecular weight excluding hydrogens is 108 g/mol. The second-order valence-electron chi connectivity index (χ2n) is 0.912. The monoisotopic (exact) mass is 112 g/mol. The van der Waals surface area contributed by atoms with Crippen molar-refractivity contribution >= 4 is 18.7 Å². The Morgan fingerprint density at radius 2 is 2.50 bits per heavy atom. The highest BCUT2D eigenvalue weighted by atomic mass is 16.1. The number of carbonyl (C=O) groups excluding carboxylic acids is 2. The Bertz CT molecular complexity index is 119. The third-order valence-corrected chi connectivity index (χ3v) is 0.406. The van der Waals surface area contributed by atoms with E-state index >= 15 is 0 Å². The Labute approximate surface area is 46.6 Å². The molecule has 1 N–H and O–H groups in total. The first kappa shape index (κ1) is 6.81. The molecule has 0 aromatic carbocycles. The van der Waals surface area contributed by atoms with Gasteiger partial charge in [-0.3, -0.25) is 9.59 Å². The molecule has 2 amide bonds. The van der Waals surface area contributed by atoms with Gasteiger partial charge in [0.15, 0.2) is 0 Å². The Balaban J connectivity index is 3.60. The van der Waals surface area contributed by atoms with E-state index in [-0.39, 0.29) is 5.84 Å². The average molecular weight is 112 g/mol. The molecule has 0 saturated heterocycles. The van der Waals surface area contributed by atoms with Crippen molar-refractivity contribution in [3.63, 3.8) is 0 Å². The van der Waals surface area contributed by atoms with E-state index in [1.165, 1.54) is 6.41 Å². The molecule has 0 fully saturated rings. The van der Waals surface area contributed by atoms with Gasteiger partial charge in [0.2, 0.25) is 6.41 Å². The zero-order chi connectivity index (χ0) is 6.41. The Hall–Kier alpha value is -1.19. The summed E-state index contributed by atoms with van der Waals surface area (Å²) in [6.45, 7) is 3.16. The van der Waals surface area contributed by atoms with Gasteiger partial charge in [0.25, 0.3) is 0 Å². The standard InChI is InChI=1S/C4H4N2O2/c1-4(5-2-7)6-3-8/h2H,1H2,(H,5,6,7,8). The third-order valence-electron chi connectivity index (χ3n) is 0.406. The fraction of sp³-hybridized carbons (Fsp3) is 0. The molecule has 8 heavy (non-hydrogen) atoms. The highest BCUT2D eigenvalue weighted by molar-refractivity contribution is 5.97. The predicted molar refractivity (Wildman–Crippen MR) is 27.7 cm³/mol. The van der Waals surface area contributed by atoms with Crippen LogP contribution in [0.4, 0.5) is 0 Å². The quantitative estimate of drug-likeness (QED) is 0.284. The summed E-state index contributed by atoms with van der Waals surface area (Å²) in [7, 11) is 0. The second kappa shape index (κ2) is 3.98. The SMILES string of the molecule is [CH2]C(=N[C]=O)NC=O. The molecule has 0 aliphatic carbocycles. The molecular formula is C4H4N2O2. The lowest BCUT2D eigenvalue weighted by molar-refractivity contribution is -0.108. The minimum Gasteiger partial charge on any atom is -0.317 e. The number of nitrogens with zero attached hydrogens (tertiary/aromatic N) is 1. The van der Waals surface area contributed by atoms with Crippen LogP contribution in [-0.2, 0) is 9.59 Å². The molecule has 0 aliphatic heterocycles. The minimum atomic E-state index is -0.00463.